The number of benzene rings is 2. The summed E-state index contributed by atoms with van der Waals surface area (Å²) < 4.78 is 18.8. The van der Waals surface area contributed by atoms with Gasteiger partial charge in [0.2, 0.25) is 0 Å². The molecule has 0 fully saturated rings. The van der Waals surface area contributed by atoms with Crippen molar-refractivity contribution in [3.63, 3.8) is 0 Å². The Morgan fingerprint density at radius 3 is 2.62 bits per heavy atom. The molecule has 3 heterocycles. The molecule has 0 saturated carbocycles. The highest BCUT2D eigenvalue weighted by atomic mass is 32.2. The van der Waals surface area contributed by atoms with E-state index in [1.165, 1.54) is 11.8 Å². The Labute approximate surface area is 189 Å². The third-order valence-electron chi connectivity index (χ3n) is 5.15. The van der Waals surface area contributed by atoms with Gasteiger partial charge >= 0.3 is 0 Å². The molecule has 7 nitrogen and oxygen atoms in total. The molecular weight excluding hydrogens is 426 g/mol. The minimum atomic E-state index is -0.0192. The standard InChI is InChI=1S/C24H21N3O4S/c1-16-19(10-13-29-16)23-25-26-24(27(23)18-6-3-2-4-7-18)32-15-20(28)17-8-9-21-22(14-17)31-12-5-11-30-21/h2-4,6-10,13-14H,5,11-12,15H2,1H3. The molecule has 32 heavy (non-hydrogen) atoms. The number of nitrogens with zero attached hydrogens (tertiary/aromatic N) is 3. The lowest BCUT2D eigenvalue weighted by molar-refractivity contribution is 0.102. The number of rotatable bonds is 6. The molecule has 0 unspecified atom stereocenters. The minimum Gasteiger partial charge on any atom is -0.490 e. The number of para-hydroxylation sites is 1. The number of Topliss-reactive ketones (excluding diaryl/α,β-unsaturated/α-hetero) is 1. The van der Waals surface area contributed by atoms with E-state index in [9.17, 15) is 4.79 Å². The fraction of sp³-hybridized carbons (Fsp3) is 0.208. The van der Waals surface area contributed by atoms with E-state index in [4.69, 9.17) is 13.9 Å². The summed E-state index contributed by atoms with van der Waals surface area (Å²) in [6, 6.07) is 17.0. The number of ether oxygens (including phenoxy) is 2. The molecule has 5 rings (SSSR count). The number of furan rings is 1. The first-order chi connectivity index (χ1) is 15.7. The van der Waals surface area contributed by atoms with Crippen molar-refractivity contribution >= 4 is 17.5 Å². The maximum atomic E-state index is 12.9. The normalized spacial score (nSPS) is 13.0. The summed E-state index contributed by atoms with van der Waals surface area (Å²) >= 11 is 1.35. The first-order valence-corrected chi connectivity index (χ1v) is 11.3. The van der Waals surface area contributed by atoms with Gasteiger partial charge in [-0.2, -0.15) is 0 Å². The molecule has 4 aromatic rings. The fourth-order valence-electron chi connectivity index (χ4n) is 3.51. The van der Waals surface area contributed by atoms with Gasteiger partial charge in [0.05, 0.1) is 30.8 Å². The van der Waals surface area contributed by atoms with E-state index in [2.05, 4.69) is 10.2 Å². The van der Waals surface area contributed by atoms with E-state index in [0.717, 1.165) is 23.4 Å². The molecule has 0 bridgehead atoms. The highest BCUT2D eigenvalue weighted by molar-refractivity contribution is 7.99. The van der Waals surface area contributed by atoms with Gasteiger partial charge in [0.1, 0.15) is 5.76 Å². The van der Waals surface area contributed by atoms with E-state index in [-0.39, 0.29) is 11.5 Å². The van der Waals surface area contributed by atoms with Gasteiger partial charge in [-0.15, -0.1) is 10.2 Å². The van der Waals surface area contributed by atoms with Gasteiger partial charge < -0.3 is 13.9 Å². The van der Waals surface area contributed by atoms with E-state index in [0.29, 0.717) is 41.3 Å². The monoisotopic (exact) mass is 447 g/mol. The molecule has 0 amide bonds. The van der Waals surface area contributed by atoms with Crippen LogP contribution in [0.2, 0.25) is 0 Å². The number of thioether (sulfide) groups is 1. The summed E-state index contributed by atoms with van der Waals surface area (Å²) in [5, 5.41) is 9.41. The zero-order valence-corrected chi connectivity index (χ0v) is 18.3. The lowest BCUT2D eigenvalue weighted by Crippen LogP contribution is -2.05. The summed E-state index contributed by atoms with van der Waals surface area (Å²) in [6.45, 7) is 3.08. The van der Waals surface area contributed by atoms with Crippen LogP contribution in [0.3, 0.4) is 0 Å². The molecule has 0 N–H and O–H groups in total. The summed E-state index contributed by atoms with van der Waals surface area (Å²) in [4.78, 5) is 12.9. The van der Waals surface area contributed by atoms with Crippen LogP contribution >= 0.6 is 11.8 Å². The number of aromatic nitrogens is 3. The number of ketones is 1. The molecule has 8 heteroatoms. The summed E-state index contributed by atoms with van der Waals surface area (Å²) in [5.41, 5.74) is 2.36. The number of aryl methyl sites for hydroxylation is 1. The van der Waals surface area contributed by atoms with Gasteiger partial charge in [-0.25, -0.2) is 0 Å². The van der Waals surface area contributed by atoms with Gasteiger partial charge in [0.25, 0.3) is 0 Å². The van der Waals surface area contributed by atoms with Crippen molar-refractivity contribution in [1.82, 2.24) is 14.8 Å². The van der Waals surface area contributed by atoms with E-state index in [1.54, 1.807) is 24.5 Å². The number of hydrogen-bond acceptors (Lipinski definition) is 7. The topological polar surface area (TPSA) is 79.4 Å². The largest absolute Gasteiger partial charge is 0.490 e. The third-order valence-corrected chi connectivity index (χ3v) is 6.08. The number of carbonyl (C=O) groups excluding carboxylic acids is 1. The van der Waals surface area contributed by atoms with Crippen LogP contribution in [0.25, 0.3) is 17.1 Å². The predicted octanol–water partition coefficient (Wildman–Crippen LogP) is 4.97. The Kier molecular flexibility index (Phi) is 5.68. The van der Waals surface area contributed by atoms with Crippen LogP contribution < -0.4 is 9.47 Å². The molecule has 0 spiro atoms. The highest BCUT2D eigenvalue weighted by Crippen LogP contribution is 2.33. The molecule has 0 aliphatic carbocycles. The van der Waals surface area contributed by atoms with Crippen molar-refractivity contribution in [2.24, 2.45) is 0 Å². The summed E-state index contributed by atoms with van der Waals surface area (Å²) in [5.74, 6) is 2.92. The third kappa shape index (κ3) is 4.01. The van der Waals surface area contributed by atoms with Crippen LogP contribution in [0.5, 0.6) is 11.5 Å². The molecule has 0 atom stereocenters. The molecule has 1 aliphatic heterocycles. The molecule has 162 valence electrons. The van der Waals surface area contributed by atoms with Crippen LogP contribution in [0.1, 0.15) is 22.5 Å². The van der Waals surface area contributed by atoms with Crippen molar-refractivity contribution in [3.05, 3.63) is 72.2 Å². The van der Waals surface area contributed by atoms with Gasteiger partial charge in [0, 0.05) is 17.7 Å². The van der Waals surface area contributed by atoms with Gasteiger partial charge in [0.15, 0.2) is 28.3 Å². The van der Waals surface area contributed by atoms with Crippen molar-refractivity contribution in [1.29, 1.82) is 0 Å². The second kappa shape index (κ2) is 8.92. The quantitative estimate of drug-likeness (QED) is 0.305. The second-order valence-electron chi connectivity index (χ2n) is 7.29. The summed E-state index contributed by atoms with van der Waals surface area (Å²) in [7, 11) is 0. The number of hydrogen-bond donors (Lipinski definition) is 0. The Morgan fingerprint density at radius 2 is 1.84 bits per heavy atom. The lowest BCUT2D eigenvalue weighted by Gasteiger charge is -2.10. The molecule has 1 aliphatic rings. The Hall–Kier alpha value is -3.52. The van der Waals surface area contributed by atoms with E-state index < -0.39 is 0 Å². The summed E-state index contributed by atoms with van der Waals surface area (Å²) in [6.07, 6.45) is 2.45. The van der Waals surface area contributed by atoms with Crippen LogP contribution in [0.4, 0.5) is 0 Å². The van der Waals surface area contributed by atoms with E-state index >= 15 is 0 Å². The molecule has 2 aromatic carbocycles. The maximum absolute atomic E-state index is 12.9. The maximum Gasteiger partial charge on any atom is 0.196 e. The van der Waals surface area contributed by atoms with Crippen LogP contribution in [-0.2, 0) is 0 Å². The van der Waals surface area contributed by atoms with Crippen molar-refractivity contribution in [2.45, 2.75) is 18.5 Å². The van der Waals surface area contributed by atoms with Crippen molar-refractivity contribution in [2.75, 3.05) is 19.0 Å². The average Bonchev–Trinajstić information content (AvgIpc) is 3.36. The first kappa shape index (κ1) is 20.4. The van der Waals surface area contributed by atoms with Crippen LogP contribution in [-0.4, -0.2) is 39.5 Å². The van der Waals surface area contributed by atoms with Crippen molar-refractivity contribution in [3.8, 4) is 28.6 Å². The zero-order chi connectivity index (χ0) is 21.9. The van der Waals surface area contributed by atoms with Gasteiger partial charge in [-0.1, -0.05) is 30.0 Å². The van der Waals surface area contributed by atoms with Gasteiger partial charge in [-0.3, -0.25) is 9.36 Å². The first-order valence-electron chi connectivity index (χ1n) is 10.3. The van der Waals surface area contributed by atoms with Crippen LogP contribution in [0.15, 0.2) is 70.4 Å². The van der Waals surface area contributed by atoms with Crippen molar-refractivity contribution < 1.29 is 18.7 Å². The molecule has 0 radical (unpaired) electrons. The smallest absolute Gasteiger partial charge is 0.196 e. The Balaban J connectivity index is 1.41. The number of fused-ring (bicyclic) bond motifs is 1. The SMILES string of the molecule is Cc1occc1-c1nnc(SCC(=O)c2ccc3c(c2)OCCCO3)n1-c1ccccc1. The van der Waals surface area contributed by atoms with Crippen LogP contribution in [0, 0.1) is 6.92 Å². The Morgan fingerprint density at radius 1 is 1.03 bits per heavy atom. The zero-order valence-electron chi connectivity index (χ0n) is 17.5. The lowest BCUT2D eigenvalue weighted by atomic mass is 10.1. The number of carbonyl (C=O) groups is 1. The predicted molar refractivity (Wildman–Crippen MR) is 121 cm³/mol. The molecular formula is C24H21N3O4S. The van der Waals surface area contributed by atoms with E-state index in [1.807, 2.05) is 47.9 Å². The second-order valence-corrected chi connectivity index (χ2v) is 8.23. The molecule has 2 aromatic heterocycles. The molecule has 0 saturated heterocycles. The Bertz CT molecular complexity index is 1250. The highest BCUT2D eigenvalue weighted by Gasteiger charge is 2.20. The average molecular weight is 448 g/mol. The fourth-order valence-corrected chi connectivity index (χ4v) is 4.36. The minimum absolute atomic E-state index is 0.0192. The van der Waals surface area contributed by atoms with Gasteiger partial charge in [-0.05, 0) is 43.3 Å².